The van der Waals surface area contributed by atoms with Gasteiger partial charge in [0.25, 0.3) is 5.91 Å². The predicted molar refractivity (Wildman–Crippen MR) is 261 cm³/mol. The van der Waals surface area contributed by atoms with Gasteiger partial charge in [-0.25, -0.2) is 15.2 Å². The maximum atomic E-state index is 14.9. The van der Waals surface area contributed by atoms with Gasteiger partial charge in [-0.15, -0.1) is 11.3 Å². The summed E-state index contributed by atoms with van der Waals surface area (Å²) in [6.45, 7) is 16.9. The molecule has 1 saturated heterocycles. The molecule has 2 heterocycles. The number of hydrogen-bond acceptors (Lipinski definition) is 14. The fourth-order valence-electron chi connectivity index (χ4n) is 8.37. The van der Waals surface area contributed by atoms with Gasteiger partial charge in [0.2, 0.25) is 5.91 Å². The summed E-state index contributed by atoms with van der Waals surface area (Å²) in [4.78, 5) is 87.5. The Hall–Kier alpha value is -3.67. The minimum atomic E-state index is -0.766. The summed E-state index contributed by atoms with van der Waals surface area (Å²) in [5, 5.41) is 15.4. The topological polar surface area (TPSA) is 193 Å². The largest absolute Gasteiger partial charge is 0.508 e. The summed E-state index contributed by atoms with van der Waals surface area (Å²) in [6.07, 6.45) is 4.95. The number of hydrogen-bond donors (Lipinski definition) is 4. The van der Waals surface area contributed by atoms with Crippen molar-refractivity contribution in [3.63, 3.8) is 0 Å². The highest BCUT2D eigenvalue weighted by Gasteiger charge is 2.40. The average molecular weight is 962 g/mol. The molecule has 1 fully saturated rings. The van der Waals surface area contributed by atoms with E-state index in [-0.39, 0.29) is 91.2 Å². The molecule has 0 aliphatic carbocycles. The number of Topliss-reactive ketones (excluding diaryl/α,β-unsaturated/α-hetero) is 2. The van der Waals surface area contributed by atoms with E-state index in [0.29, 0.717) is 30.0 Å². The van der Waals surface area contributed by atoms with Crippen LogP contribution in [-0.4, -0.2) is 101 Å². The van der Waals surface area contributed by atoms with Crippen LogP contribution < -0.4 is 16.2 Å². The third kappa shape index (κ3) is 18.9. The van der Waals surface area contributed by atoms with Crippen LogP contribution >= 0.6 is 32.9 Å². The van der Waals surface area contributed by atoms with Gasteiger partial charge in [0, 0.05) is 53.5 Å². The number of nitrogens with zero attached hydrogens (tertiary/aromatic N) is 2. The van der Waals surface area contributed by atoms with Crippen molar-refractivity contribution in [2.75, 3.05) is 38.3 Å². The summed E-state index contributed by atoms with van der Waals surface area (Å²) in [6, 6.07) is 5.91. The molecule has 0 radical (unpaired) electrons. The Balaban J connectivity index is 1.79. The van der Waals surface area contributed by atoms with Crippen LogP contribution in [0.15, 0.2) is 29.6 Å². The van der Waals surface area contributed by atoms with Crippen molar-refractivity contribution in [3.8, 4) is 5.75 Å². The summed E-state index contributed by atoms with van der Waals surface area (Å²) in [5.74, 6) is -1.67. The highest BCUT2D eigenvalue weighted by Crippen LogP contribution is 2.38. The number of carbonyl (C=O) groups excluding carboxylic acids is 6. The number of nitrogens with one attached hydrogen (secondary N) is 3. The maximum absolute atomic E-state index is 14.9. The molecule has 2 aromatic rings. The predicted octanol–water partition coefficient (Wildman–Crippen LogP) is 8.77. The first kappa shape index (κ1) is 55.7. The standard InChI is InChI=1S/C48H75N5O9S3/c1-10-15-43(56)62-28-39(44(57)38(31(6)11-2)27-42(55)41-16-13-14-21-53(41)9)37(30(4)5)25-33(8)47-50-40(29-63-47)46(59)49-35(26-34-17-19-36(54)20-18-34)24-32(7)45(58)51-52-48(60)61-22-23-65-64-12-3/h17-20,29-33,35,37-39,41,54H,10-16,21-28H2,1-9H3,(H,49,59)(H,51,58)(H,52,60)/t31?,32-,33+,35+,37+,38-,39?,41+/m0/s1. The number of esters is 1. The smallest absolute Gasteiger partial charge is 0.426 e. The molecule has 1 aromatic heterocycles. The number of piperidine rings is 1. The Morgan fingerprint density at radius 1 is 0.938 bits per heavy atom. The van der Waals surface area contributed by atoms with E-state index in [0.717, 1.165) is 43.5 Å². The summed E-state index contributed by atoms with van der Waals surface area (Å²) in [5.41, 5.74) is 5.75. The third-order valence-electron chi connectivity index (χ3n) is 12.4. The van der Waals surface area contributed by atoms with Gasteiger partial charge >= 0.3 is 12.1 Å². The van der Waals surface area contributed by atoms with E-state index in [1.54, 1.807) is 58.2 Å². The molecule has 14 nitrogen and oxygen atoms in total. The van der Waals surface area contributed by atoms with Crippen LogP contribution in [0.1, 0.15) is 140 Å². The van der Waals surface area contributed by atoms with E-state index < -0.39 is 41.7 Å². The van der Waals surface area contributed by atoms with Gasteiger partial charge in [-0.2, -0.15) is 0 Å². The van der Waals surface area contributed by atoms with Crippen molar-refractivity contribution in [2.45, 2.75) is 138 Å². The number of benzene rings is 1. The zero-order valence-electron chi connectivity index (χ0n) is 40.0. The van der Waals surface area contributed by atoms with Crippen molar-refractivity contribution >= 4 is 68.4 Å². The van der Waals surface area contributed by atoms with Gasteiger partial charge < -0.3 is 19.9 Å². The van der Waals surface area contributed by atoms with Crippen molar-refractivity contribution in [2.24, 2.45) is 35.5 Å². The highest BCUT2D eigenvalue weighted by molar-refractivity contribution is 8.76. The number of likely N-dealkylation sites (tertiary alicyclic amines) is 1. The average Bonchev–Trinajstić information content (AvgIpc) is 3.78. The lowest BCUT2D eigenvalue weighted by Crippen LogP contribution is -2.46. The first-order valence-corrected chi connectivity index (χ1v) is 26.8. The van der Waals surface area contributed by atoms with Crippen molar-refractivity contribution in [1.82, 2.24) is 26.1 Å². The Kier molecular flexibility index (Phi) is 25.0. The van der Waals surface area contributed by atoms with Gasteiger partial charge in [-0.05, 0) is 87.6 Å². The van der Waals surface area contributed by atoms with Gasteiger partial charge in [-0.3, -0.25) is 34.3 Å². The first-order chi connectivity index (χ1) is 31.0. The maximum Gasteiger partial charge on any atom is 0.426 e. The van der Waals surface area contributed by atoms with Gasteiger partial charge in [0.15, 0.2) is 5.78 Å². The monoisotopic (exact) mass is 961 g/mol. The Morgan fingerprint density at radius 2 is 1.66 bits per heavy atom. The second-order valence-corrected chi connectivity index (χ2v) is 21.6. The quantitative estimate of drug-likeness (QED) is 0.0274. The summed E-state index contributed by atoms with van der Waals surface area (Å²) < 4.78 is 10.9. The molecule has 2 unspecified atom stereocenters. The number of hydrazine groups is 1. The van der Waals surface area contributed by atoms with Crippen molar-refractivity contribution < 1.29 is 43.3 Å². The molecule has 1 aliphatic rings. The lowest BCUT2D eigenvalue weighted by Gasteiger charge is -2.36. The Bertz CT molecular complexity index is 1810. The lowest BCUT2D eigenvalue weighted by atomic mass is 9.70. The number of likely N-dealkylation sites (N-methyl/N-ethyl adjacent to an activating group) is 1. The number of amides is 3. The fourth-order valence-corrected chi connectivity index (χ4v) is 10.7. The zero-order valence-corrected chi connectivity index (χ0v) is 42.5. The molecule has 1 aliphatic heterocycles. The second-order valence-electron chi connectivity index (χ2n) is 17.9. The number of ketones is 2. The zero-order chi connectivity index (χ0) is 48.1. The van der Waals surface area contributed by atoms with E-state index in [9.17, 15) is 33.9 Å². The van der Waals surface area contributed by atoms with E-state index in [4.69, 9.17) is 14.5 Å². The molecule has 3 amide bonds. The number of phenols is 1. The van der Waals surface area contributed by atoms with Gasteiger partial charge in [0.05, 0.1) is 17.0 Å². The van der Waals surface area contributed by atoms with Crippen LogP contribution in [0.3, 0.4) is 0 Å². The van der Waals surface area contributed by atoms with Crippen LogP contribution in [-0.2, 0) is 35.1 Å². The number of ether oxygens (including phenoxy) is 2. The molecule has 0 bridgehead atoms. The number of rotatable bonds is 28. The van der Waals surface area contributed by atoms with Crippen LogP contribution in [0.2, 0.25) is 0 Å². The van der Waals surface area contributed by atoms with E-state index >= 15 is 0 Å². The Morgan fingerprint density at radius 3 is 2.31 bits per heavy atom. The molecule has 0 spiro atoms. The van der Waals surface area contributed by atoms with Crippen LogP contribution in [0.25, 0.3) is 0 Å². The molecule has 65 heavy (non-hydrogen) atoms. The summed E-state index contributed by atoms with van der Waals surface area (Å²) >= 11 is 1.36. The number of phenolic OH excluding ortho intramolecular Hbond substituents is 1. The molecule has 364 valence electrons. The van der Waals surface area contributed by atoms with E-state index in [1.165, 1.54) is 11.3 Å². The van der Waals surface area contributed by atoms with Crippen LogP contribution in [0.4, 0.5) is 4.79 Å². The normalized spacial score (nSPS) is 17.5. The number of carbonyl (C=O) groups is 6. The number of aromatic nitrogens is 1. The molecular formula is C48H75N5O9S3. The third-order valence-corrected chi connectivity index (χ3v) is 15.9. The van der Waals surface area contributed by atoms with E-state index in [2.05, 4.69) is 34.9 Å². The van der Waals surface area contributed by atoms with Crippen LogP contribution in [0, 0.1) is 35.5 Å². The van der Waals surface area contributed by atoms with Crippen LogP contribution in [0.5, 0.6) is 5.75 Å². The highest BCUT2D eigenvalue weighted by atomic mass is 33.1. The molecule has 17 heteroatoms. The molecule has 0 saturated carbocycles. The molecule has 1 aromatic carbocycles. The minimum absolute atomic E-state index is 0.0197. The van der Waals surface area contributed by atoms with Crippen molar-refractivity contribution in [1.29, 1.82) is 0 Å². The first-order valence-electron chi connectivity index (χ1n) is 23.4. The van der Waals surface area contributed by atoms with E-state index in [1.807, 2.05) is 41.7 Å². The second kappa shape index (κ2) is 29.2. The SMILES string of the molecule is CCCC(=O)OCC(C(=O)[C@@H](CC(=O)[C@H]1CCCCN1C)C(C)CC)[C@H](C[C@@H](C)c1nc(C(=O)N[C@@H](Cc2ccc(O)cc2)C[C@H](C)C(=O)NNC(=O)OCCSSCC)cs1)C(C)C. The number of thiazole rings is 1. The molecular weight excluding hydrogens is 887 g/mol. The Labute approximate surface area is 399 Å². The fraction of sp³-hybridized carbons (Fsp3) is 0.688. The van der Waals surface area contributed by atoms with Crippen molar-refractivity contribution in [3.05, 3.63) is 45.9 Å². The van der Waals surface area contributed by atoms with Gasteiger partial charge in [0.1, 0.15) is 30.4 Å². The lowest BCUT2D eigenvalue weighted by molar-refractivity contribution is -0.149. The van der Waals surface area contributed by atoms with Gasteiger partial charge in [-0.1, -0.05) is 102 Å². The molecule has 8 atom stereocenters. The number of aromatic hydroxyl groups is 1. The molecule has 3 rings (SSSR count). The molecule has 4 N–H and O–H groups in total. The minimum Gasteiger partial charge on any atom is -0.508 e. The summed E-state index contributed by atoms with van der Waals surface area (Å²) in [7, 11) is 5.24.